The third-order valence-corrected chi connectivity index (χ3v) is 4.19. The number of nitrogens with zero attached hydrogens (tertiary/aromatic N) is 2. The third-order valence-electron chi connectivity index (χ3n) is 4.19. The van der Waals surface area contributed by atoms with Gasteiger partial charge in [-0.2, -0.15) is 0 Å². The Morgan fingerprint density at radius 3 is 2.75 bits per heavy atom. The van der Waals surface area contributed by atoms with Crippen LogP contribution in [-0.2, 0) is 4.79 Å². The number of likely N-dealkylation sites (tertiary alicyclic amines) is 1. The van der Waals surface area contributed by atoms with Crippen molar-refractivity contribution in [2.45, 2.75) is 26.2 Å². The van der Waals surface area contributed by atoms with Crippen molar-refractivity contribution < 1.29 is 9.72 Å². The predicted molar refractivity (Wildman–Crippen MR) is 94.1 cm³/mol. The van der Waals surface area contributed by atoms with Crippen LogP contribution in [0.4, 0.5) is 11.4 Å². The molecule has 1 aliphatic heterocycles. The van der Waals surface area contributed by atoms with Crippen molar-refractivity contribution >= 4 is 17.3 Å². The normalized spacial score (nSPS) is 18.1. The molecule has 24 heavy (non-hydrogen) atoms. The Balaban J connectivity index is 1.57. The molecular weight excluding hydrogens is 308 g/mol. The van der Waals surface area contributed by atoms with E-state index in [2.05, 4.69) is 22.5 Å². The first kappa shape index (κ1) is 18.2. The number of nitrogens with one attached hydrogen (secondary N) is 2. The number of amides is 1. The van der Waals surface area contributed by atoms with Crippen LogP contribution in [-0.4, -0.2) is 48.5 Å². The summed E-state index contributed by atoms with van der Waals surface area (Å²) in [5.41, 5.74) is 0.925. The molecule has 0 aromatic heterocycles. The molecule has 0 bridgehead atoms. The molecule has 0 spiro atoms. The molecule has 1 aliphatic rings. The second-order valence-electron chi connectivity index (χ2n) is 6.42. The van der Waals surface area contributed by atoms with Crippen molar-refractivity contribution in [3.05, 3.63) is 34.4 Å². The lowest BCUT2D eigenvalue weighted by molar-refractivity contribution is -0.384. The molecule has 1 aromatic carbocycles. The van der Waals surface area contributed by atoms with Gasteiger partial charge in [0.15, 0.2) is 0 Å². The van der Waals surface area contributed by atoms with E-state index < -0.39 is 4.92 Å². The van der Waals surface area contributed by atoms with Crippen LogP contribution in [0.25, 0.3) is 0 Å². The van der Waals surface area contributed by atoms with E-state index >= 15 is 0 Å². The van der Waals surface area contributed by atoms with Crippen molar-refractivity contribution in [1.29, 1.82) is 0 Å². The summed E-state index contributed by atoms with van der Waals surface area (Å²) in [5, 5.41) is 16.7. The number of carbonyl (C=O) groups excluding carboxylic acids is 1. The van der Waals surface area contributed by atoms with Crippen LogP contribution >= 0.6 is 0 Å². The maximum atomic E-state index is 11.9. The molecule has 7 nitrogen and oxygen atoms in total. The first-order valence-electron chi connectivity index (χ1n) is 8.52. The second kappa shape index (κ2) is 9.22. The summed E-state index contributed by atoms with van der Waals surface area (Å²) < 4.78 is 0. The molecule has 1 unspecified atom stereocenters. The lowest BCUT2D eigenvalue weighted by Crippen LogP contribution is -2.42. The van der Waals surface area contributed by atoms with Gasteiger partial charge < -0.3 is 10.6 Å². The Morgan fingerprint density at radius 1 is 1.33 bits per heavy atom. The van der Waals surface area contributed by atoms with Gasteiger partial charge in [-0.15, -0.1) is 0 Å². The quantitative estimate of drug-likeness (QED) is 0.432. The maximum Gasteiger partial charge on any atom is 0.269 e. The Hall–Kier alpha value is -2.15. The van der Waals surface area contributed by atoms with Gasteiger partial charge in [-0.25, -0.2) is 0 Å². The number of anilines is 1. The fourth-order valence-corrected chi connectivity index (χ4v) is 2.94. The zero-order valence-corrected chi connectivity index (χ0v) is 14.2. The number of nitro benzene ring substituents is 1. The lowest BCUT2D eigenvalue weighted by Gasteiger charge is -2.30. The molecule has 7 heteroatoms. The number of non-ortho nitro benzene ring substituents is 1. The topological polar surface area (TPSA) is 87.5 Å². The minimum absolute atomic E-state index is 0.0828. The first-order chi connectivity index (χ1) is 11.5. The van der Waals surface area contributed by atoms with E-state index in [0.29, 0.717) is 25.6 Å². The zero-order chi connectivity index (χ0) is 17.4. The molecular formula is C17H26N4O3. The lowest BCUT2D eigenvalue weighted by atomic mass is 10.0. The van der Waals surface area contributed by atoms with Gasteiger partial charge in [0.1, 0.15) is 0 Å². The third kappa shape index (κ3) is 6.16. The summed E-state index contributed by atoms with van der Waals surface area (Å²) in [5.74, 6) is 0.761. The van der Waals surface area contributed by atoms with Gasteiger partial charge in [-0.3, -0.25) is 19.8 Å². The molecule has 1 aromatic rings. The number of carbonyl (C=O) groups is 1. The van der Waals surface area contributed by atoms with Crippen LogP contribution in [0.3, 0.4) is 0 Å². The Morgan fingerprint density at radius 2 is 2.08 bits per heavy atom. The zero-order valence-electron chi connectivity index (χ0n) is 14.2. The van der Waals surface area contributed by atoms with Gasteiger partial charge in [-0.1, -0.05) is 6.92 Å². The van der Waals surface area contributed by atoms with Crippen LogP contribution in [0.2, 0.25) is 0 Å². The molecule has 1 atom stereocenters. The number of piperidine rings is 1. The summed E-state index contributed by atoms with van der Waals surface area (Å²) in [7, 11) is 0. The molecule has 0 saturated carbocycles. The molecule has 0 radical (unpaired) electrons. The smallest absolute Gasteiger partial charge is 0.269 e. The number of hydrogen-bond donors (Lipinski definition) is 2. The molecule has 2 rings (SSSR count). The van der Waals surface area contributed by atoms with Crippen molar-refractivity contribution in [2.75, 3.05) is 38.0 Å². The minimum Gasteiger partial charge on any atom is -0.385 e. The molecule has 1 fully saturated rings. The molecule has 1 saturated heterocycles. The average Bonchev–Trinajstić information content (AvgIpc) is 2.55. The number of rotatable bonds is 8. The fourth-order valence-electron chi connectivity index (χ4n) is 2.94. The van der Waals surface area contributed by atoms with Crippen LogP contribution in [0.5, 0.6) is 0 Å². The highest BCUT2D eigenvalue weighted by Crippen LogP contribution is 2.15. The Kier molecular flexibility index (Phi) is 6.99. The number of hydrogen-bond acceptors (Lipinski definition) is 5. The standard InChI is InChI=1S/C17H26N4O3/c1-14-4-2-11-20(12-14)13-17(22)19-10-3-9-18-15-5-7-16(8-6-15)21(23)24/h5-8,14,18H,2-4,9-13H2,1H3,(H,19,22). The molecule has 1 heterocycles. The second-order valence-corrected chi connectivity index (χ2v) is 6.42. The van der Waals surface area contributed by atoms with Crippen LogP contribution in [0.15, 0.2) is 24.3 Å². The molecule has 0 aliphatic carbocycles. The Bertz CT molecular complexity index is 547. The van der Waals surface area contributed by atoms with Crippen molar-refractivity contribution in [1.82, 2.24) is 10.2 Å². The SMILES string of the molecule is CC1CCCN(CC(=O)NCCCNc2ccc([N+](=O)[O-])cc2)C1. The number of nitro groups is 1. The largest absolute Gasteiger partial charge is 0.385 e. The van der Waals surface area contributed by atoms with Crippen LogP contribution in [0.1, 0.15) is 26.2 Å². The van der Waals surface area contributed by atoms with E-state index in [0.717, 1.165) is 25.2 Å². The van der Waals surface area contributed by atoms with Gasteiger partial charge in [0, 0.05) is 37.5 Å². The minimum atomic E-state index is -0.414. The summed E-state index contributed by atoms with van der Waals surface area (Å²) in [4.78, 5) is 24.3. The summed E-state index contributed by atoms with van der Waals surface area (Å²) >= 11 is 0. The first-order valence-corrected chi connectivity index (χ1v) is 8.52. The summed E-state index contributed by atoms with van der Waals surface area (Å²) in [6.45, 7) is 6.07. The summed E-state index contributed by atoms with van der Waals surface area (Å²) in [6, 6.07) is 6.33. The van der Waals surface area contributed by atoms with Gasteiger partial charge >= 0.3 is 0 Å². The number of benzene rings is 1. The van der Waals surface area contributed by atoms with E-state index in [9.17, 15) is 14.9 Å². The fraction of sp³-hybridized carbons (Fsp3) is 0.588. The van der Waals surface area contributed by atoms with Gasteiger partial charge in [0.25, 0.3) is 5.69 Å². The van der Waals surface area contributed by atoms with Gasteiger partial charge in [0.2, 0.25) is 5.91 Å². The highest BCUT2D eigenvalue weighted by molar-refractivity contribution is 5.78. The predicted octanol–water partition coefficient (Wildman–Crippen LogP) is 2.24. The van der Waals surface area contributed by atoms with E-state index in [1.54, 1.807) is 12.1 Å². The van der Waals surface area contributed by atoms with Crippen LogP contribution in [0, 0.1) is 16.0 Å². The van der Waals surface area contributed by atoms with E-state index in [1.165, 1.54) is 25.0 Å². The highest BCUT2D eigenvalue weighted by atomic mass is 16.6. The average molecular weight is 334 g/mol. The highest BCUT2D eigenvalue weighted by Gasteiger charge is 2.18. The summed E-state index contributed by atoms with van der Waals surface area (Å²) in [6.07, 6.45) is 3.24. The van der Waals surface area contributed by atoms with E-state index in [4.69, 9.17) is 0 Å². The van der Waals surface area contributed by atoms with Gasteiger partial charge in [-0.05, 0) is 43.9 Å². The van der Waals surface area contributed by atoms with Crippen molar-refractivity contribution in [3.8, 4) is 0 Å². The van der Waals surface area contributed by atoms with E-state index in [-0.39, 0.29) is 11.6 Å². The maximum absolute atomic E-state index is 11.9. The van der Waals surface area contributed by atoms with Crippen molar-refractivity contribution in [2.24, 2.45) is 5.92 Å². The van der Waals surface area contributed by atoms with Crippen molar-refractivity contribution in [3.63, 3.8) is 0 Å². The molecule has 1 amide bonds. The molecule has 2 N–H and O–H groups in total. The monoisotopic (exact) mass is 334 g/mol. The Labute approximate surface area is 142 Å². The van der Waals surface area contributed by atoms with Gasteiger partial charge in [0.05, 0.1) is 11.5 Å². The van der Waals surface area contributed by atoms with Crippen LogP contribution < -0.4 is 10.6 Å². The van der Waals surface area contributed by atoms with E-state index in [1.807, 2.05) is 0 Å². The molecule has 132 valence electrons.